The van der Waals surface area contributed by atoms with Crippen LogP contribution < -0.4 is 16.0 Å². The van der Waals surface area contributed by atoms with Gasteiger partial charge in [-0.15, -0.1) is 5.10 Å². The van der Waals surface area contributed by atoms with E-state index in [1.165, 1.54) is 26.4 Å². The number of halogens is 5. The molecule has 0 atom stereocenters. The van der Waals surface area contributed by atoms with Crippen LogP contribution in [0.15, 0.2) is 64.4 Å². The third kappa shape index (κ3) is 4.65. The average Bonchev–Trinajstić information content (AvgIpc) is 3.22. The maximum Gasteiger partial charge on any atom is 0.433 e. The first-order chi connectivity index (χ1) is 18.5. The van der Waals surface area contributed by atoms with Crippen molar-refractivity contribution in [3.8, 4) is 28.1 Å². The minimum absolute atomic E-state index is 0.0155. The van der Waals surface area contributed by atoms with Gasteiger partial charge in [0.05, 0.1) is 19.2 Å². The maximum absolute atomic E-state index is 14.7. The molecule has 0 unspecified atom stereocenters. The molecule has 14 heteroatoms. The van der Waals surface area contributed by atoms with E-state index in [2.05, 4.69) is 15.1 Å². The number of pyridine rings is 2. The lowest BCUT2D eigenvalue weighted by atomic mass is 9.97. The number of nitrogens with zero attached hydrogens (tertiary/aromatic N) is 6. The van der Waals surface area contributed by atoms with Crippen LogP contribution in [0.1, 0.15) is 11.3 Å². The van der Waals surface area contributed by atoms with Crippen LogP contribution in [-0.4, -0.2) is 36.1 Å². The fourth-order valence-electron chi connectivity index (χ4n) is 4.13. The number of aromatic nitrogens is 6. The molecule has 39 heavy (non-hydrogen) atoms. The van der Waals surface area contributed by atoms with Crippen LogP contribution in [0.2, 0.25) is 5.02 Å². The summed E-state index contributed by atoms with van der Waals surface area (Å²) in [5, 5.41) is 4.80. The Bertz CT molecular complexity index is 1830. The predicted octanol–water partition coefficient (Wildman–Crippen LogP) is 4.19. The first-order valence-electron chi connectivity index (χ1n) is 11.2. The smallest absolute Gasteiger partial charge is 0.433 e. The molecule has 0 fully saturated rings. The Morgan fingerprint density at radius 2 is 1.69 bits per heavy atom. The summed E-state index contributed by atoms with van der Waals surface area (Å²) in [4.78, 5) is 34.3. The molecule has 9 nitrogen and oxygen atoms in total. The van der Waals surface area contributed by atoms with Gasteiger partial charge in [-0.05, 0) is 35.4 Å². The second-order valence-electron chi connectivity index (χ2n) is 8.43. The molecule has 0 amide bonds. The van der Waals surface area contributed by atoms with Gasteiger partial charge in [-0.1, -0.05) is 29.8 Å². The summed E-state index contributed by atoms with van der Waals surface area (Å²) < 4.78 is 61.3. The van der Waals surface area contributed by atoms with Crippen molar-refractivity contribution in [2.45, 2.75) is 12.7 Å². The highest BCUT2D eigenvalue weighted by molar-refractivity contribution is 6.30. The summed E-state index contributed by atoms with van der Waals surface area (Å²) in [5.41, 5.74) is -1.44. The van der Waals surface area contributed by atoms with E-state index in [1.807, 2.05) is 0 Å². The van der Waals surface area contributed by atoms with Gasteiger partial charge in [0.2, 0.25) is 5.88 Å². The van der Waals surface area contributed by atoms with E-state index < -0.39 is 28.9 Å². The van der Waals surface area contributed by atoms with Gasteiger partial charge in [0.1, 0.15) is 5.69 Å². The van der Waals surface area contributed by atoms with Gasteiger partial charge in [0, 0.05) is 35.6 Å². The first kappa shape index (κ1) is 26.1. The molecule has 0 saturated heterocycles. The van der Waals surface area contributed by atoms with Crippen LogP contribution >= 0.6 is 11.6 Å². The minimum Gasteiger partial charge on any atom is -0.479 e. The lowest BCUT2D eigenvalue weighted by Gasteiger charge is -2.14. The Morgan fingerprint density at radius 3 is 2.28 bits per heavy atom. The van der Waals surface area contributed by atoms with Crippen molar-refractivity contribution < 1.29 is 22.3 Å². The summed E-state index contributed by atoms with van der Waals surface area (Å²) in [6.45, 7) is -0.245. The van der Waals surface area contributed by atoms with Gasteiger partial charge in [-0.25, -0.2) is 23.5 Å². The zero-order valence-electron chi connectivity index (χ0n) is 20.2. The zero-order chi connectivity index (χ0) is 28.1. The molecule has 0 saturated carbocycles. The highest BCUT2D eigenvalue weighted by Crippen LogP contribution is 2.34. The first-order valence-corrected chi connectivity index (χ1v) is 11.6. The van der Waals surface area contributed by atoms with Crippen LogP contribution in [0, 0.1) is 5.82 Å². The van der Waals surface area contributed by atoms with E-state index in [0.29, 0.717) is 10.6 Å². The normalized spacial score (nSPS) is 11.8. The molecular weight excluding hydrogens is 544 g/mol. The Labute approximate surface area is 221 Å². The van der Waals surface area contributed by atoms with Gasteiger partial charge < -0.3 is 4.74 Å². The fraction of sp³-hybridized carbons (Fsp3) is 0.160. The Morgan fingerprint density at radius 1 is 0.974 bits per heavy atom. The van der Waals surface area contributed by atoms with Crippen molar-refractivity contribution >= 4 is 17.2 Å². The van der Waals surface area contributed by atoms with Gasteiger partial charge in [-0.2, -0.15) is 17.7 Å². The molecule has 0 radical (unpaired) electrons. The number of aryl methyl sites for hydroxylation is 1. The Hall–Kier alpha value is -4.52. The summed E-state index contributed by atoms with van der Waals surface area (Å²) in [6.07, 6.45) is -2.36. The molecule has 0 aliphatic carbocycles. The van der Waals surface area contributed by atoms with E-state index in [4.69, 9.17) is 16.3 Å². The topological polar surface area (TPSA) is 96.3 Å². The Kier molecular flexibility index (Phi) is 6.46. The highest BCUT2D eigenvalue weighted by Gasteiger charge is 2.32. The van der Waals surface area contributed by atoms with E-state index in [-0.39, 0.29) is 40.3 Å². The highest BCUT2D eigenvalue weighted by atomic mass is 35.5. The van der Waals surface area contributed by atoms with Gasteiger partial charge in [-0.3, -0.25) is 9.78 Å². The number of fused-ring (bicyclic) bond motifs is 1. The number of rotatable bonds is 5. The minimum atomic E-state index is -4.62. The molecule has 0 N–H and O–H groups in total. The van der Waals surface area contributed by atoms with E-state index >= 15 is 0 Å². The van der Waals surface area contributed by atoms with Crippen LogP contribution in [0.3, 0.4) is 0 Å². The molecule has 0 aliphatic heterocycles. The van der Waals surface area contributed by atoms with E-state index in [0.717, 1.165) is 32.2 Å². The second kappa shape index (κ2) is 9.66. The van der Waals surface area contributed by atoms with Gasteiger partial charge >= 0.3 is 11.9 Å². The van der Waals surface area contributed by atoms with Crippen molar-refractivity contribution in [1.29, 1.82) is 0 Å². The van der Waals surface area contributed by atoms with Crippen LogP contribution in [0.4, 0.5) is 17.6 Å². The van der Waals surface area contributed by atoms with Crippen molar-refractivity contribution in [3.05, 3.63) is 97.8 Å². The quantitative estimate of drug-likeness (QED) is 0.299. The summed E-state index contributed by atoms with van der Waals surface area (Å²) >= 11 is 6.03. The molecular formula is C25H17ClF4N6O3. The fourth-order valence-corrected chi connectivity index (χ4v) is 4.25. The lowest BCUT2D eigenvalue weighted by molar-refractivity contribution is -0.141. The zero-order valence-corrected chi connectivity index (χ0v) is 21.0. The molecule has 1 aromatic carbocycles. The van der Waals surface area contributed by atoms with Crippen LogP contribution in [0.25, 0.3) is 27.9 Å². The van der Waals surface area contributed by atoms with Crippen molar-refractivity contribution in [2.24, 2.45) is 7.05 Å². The number of ether oxygens (including phenoxy) is 1. The van der Waals surface area contributed by atoms with Crippen molar-refractivity contribution in [2.75, 3.05) is 7.11 Å². The Balaban J connectivity index is 1.77. The molecule has 200 valence electrons. The SMILES string of the molecule is COc1ncc(-c2c(-c3ccc(Cl)cc3)c(=O)n(C)n3c(=O)n(Cc4ccc(C(F)(F)F)nc4)nc23)cc1F. The number of methoxy groups -OCH3 is 1. The number of benzene rings is 1. The largest absolute Gasteiger partial charge is 0.479 e. The monoisotopic (exact) mass is 560 g/mol. The molecule has 4 aromatic heterocycles. The van der Waals surface area contributed by atoms with Gasteiger partial charge in [0.25, 0.3) is 5.56 Å². The van der Waals surface area contributed by atoms with Crippen molar-refractivity contribution in [1.82, 2.24) is 28.9 Å². The molecule has 0 aliphatic rings. The van der Waals surface area contributed by atoms with Gasteiger partial charge in [0.15, 0.2) is 11.5 Å². The van der Waals surface area contributed by atoms with Crippen LogP contribution in [-0.2, 0) is 19.8 Å². The lowest BCUT2D eigenvalue weighted by Crippen LogP contribution is -2.33. The molecule has 0 bridgehead atoms. The maximum atomic E-state index is 14.7. The van der Waals surface area contributed by atoms with Crippen molar-refractivity contribution in [3.63, 3.8) is 0 Å². The third-order valence-electron chi connectivity index (χ3n) is 5.97. The van der Waals surface area contributed by atoms with E-state index in [1.54, 1.807) is 24.3 Å². The summed E-state index contributed by atoms with van der Waals surface area (Å²) in [5.74, 6) is -1.09. The summed E-state index contributed by atoms with van der Waals surface area (Å²) in [7, 11) is 2.61. The predicted molar refractivity (Wildman–Crippen MR) is 133 cm³/mol. The number of alkyl halides is 3. The molecule has 4 heterocycles. The standard InChI is InChI=1S/C25H17ClF4N6O3/c1-34-23(37)20(14-4-6-16(26)7-5-14)19(15-9-17(27)22(39-2)32-11-15)21-33-35(24(38)36(21)34)12-13-3-8-18(31-10-13)25(28,29)30/h3-11H,12H2,1-2H3. The number of hydrogen-bond acceptors (Lipinski definition) is 6. The number of hydrogen-bond donors (Lipinski definition) is 0. The molecule has 0 spiro atoms. The molecule has 5 aromatic rings. The average molecular weight is 561 g/mol. The second-order valence-corrected chi connectivity index (χ2v) is 8.86. The third-order valence-corrected chi connectivity index (χ3v) is 6.22. The van der Waals surface area contributed by atoms with E-state index in [9.17, 15) is 27.2 Å². The van der Waals surface area contributed by atoms with Crippen LogP contribution in [0.5, 0.6) is 5.88 Å². The summed E-state index contributed by atoms with van der Waals surface area (Å²) in [6, 6.07) is 9.39. The molecule has 5 rings (SSSR count).